The van der Waals surface area contributed by atoms with Crippen LogP contribution in [-0.4, -0.2) is 68.1 Å². The molecular weight excluding hydrogens is 368 g/mol. The maximum absolute atomic E-state index is 13.5. The number of methoxy groups -OCH3 is 1. The molecule has 2 aliphatic heterocycles. The maximum atomic E-state index is 13.5. The van der Waals surface area contributed by atoms with Crippen molar-refractivity contribution in [2.24, 2.45) is 11.3 Å². The van der Waals surface area contributed by atoms with Gasteiger partial charge in [0.1, 0.15) is 5.75 Å². The van der Waals surface area contributed by atoms with Crippen LogP contribution >= 0.6 is 0 Å². The molecule has 3 aliphatic rings. The Bertz CT molecular complexity index is 732. The Morgan fingerprint density at radius 3 is 2.55 bits per heavy atom. The molecule has 1 aliphatic carbocycles. The van der Waals surface area contributed by atoms with E-state index in [9.17, 15) is 9.59 Å². The molecule has 0 bridgehead atoms. The highest BCUT2D eigenvalue weighted by Gasteiger charge is 2.52. The molecule has 0 unspecified atom stereocenters. The van der Waals surface area contributed by atoms with Crippen LogP contribution in [0.5, 0.6) is 5.75 Å². The summed E-state index contributed by atoms with van der Waals surface area (Å²) >= 11 is 0. The third-order valence-corrected chi connectivity index (χ3v) is 6.71. The standard InChI is InChI=1S/C23H32N2O4/c1-28-20-8-4-7-19(13-20)15-23(22(27)24-9-11-29-12-10-24)16-25(17-23)21(26)14-18-5-2-3-6-18/h4,7-8,13,18H,2-3,5-6,9-12,14-17H2,1H3. The molecule has 1 saturated carbocycles. The third kappa shape index (κ3) is 4.42. The van der Waals surface area contributed by atoms with Crippen molar-refractivity contribution in [3.63, 3.8) is 0 Å². The Balaban J connectivity index is 1.47. The van der Waals surface area contributed by atoms with Crippen LogP contribution in [0.25, 0.3) is 0 Å². The van der Waals surface area contributed by atoms with Gasteiger partial charge in [-0.25, -0.2) is 0 Å². The fraction of sp³-hybridized carbons (Fsp3) is 0.652. The molecular formula is C23H32N2O4. The molecule has 0 aromatic heterocycles. The summed E-state index contributed by atoms with van der Waals surface area (Å²) in [5, 5.41) is 0. The number of hydrogen-bond donors (Lipinski definition) is 0. The number of ether oxygens (including phenoxy) is 2. The van der Waals surface area contributed by atoms with Crippen LogP contribution in [0.1, 0.15) is 37.7 Å². The summed E-state index contributed by atoms with van der Waals surface area (Å²) in [7, 11) is 1.65. The lowest BCUT2D eigenvalue weighted by Crippen LogP contribution is -2.66. The van der Waals surface area contributed by atoms with Gasteiger partial charge in [0.05, 0.1) is 25.7 Å². The van der Waals surface area contributed by atoms with Crippen LogP contribution in [0.4, 0.5) is 0 Å². The summed E-state index contributed by atoms with van der Waals surface area (Å²) in [5.41, 5.74) is 0.545. The monoisotopic (exact) mass is 400 g/mol. The largest absolute Gasteiger partial charge is 0.497 e. The molecule has 0 radical (unpaired) electrons. The van der Waals surface area contributed by atoms with Crippen LogP contribution in [0.2, 0.25) is 0 Å². The minimum atomic E-state index is -0.533. The van der Waals surface area contributed by atoms with Crippen LogP contribution in [0.3, 0.4) is 0 Å². The molecule has 6 heteroatoms. The Kier molecular flexibility index (Phi) is 6.09. The average molecular weight is 401 g/mol. The van der Waals surface area contributed by atoms with E-state index in [-0.39, 0.29) is 11.8 Å². The Labute approximate surface area is 173 Å². The predicted octanol–water partition coefficient (Wildman–Crippen LogP) is 2.51. The van der Waals surface area contributed by atoms with E-state index >= 15 is 0 Å². The number of amides is 2. The average Bonchev–Trinajstić information content (AvgIpc) is 3.23. The van der Waals surface area contributed by atoms with Gasteiger partial charge in [-0.2, -0.15) is 0 Å². The zero-order valence-electron chi connectivity index (χ0n) is 17.4. The number of likely N-dealkylation sites (tertiary alicyclic amines) is 1. The summed E-state index contributed by atoms with van der Waals surface area (Å²) in [6, 6.07) is 7.91. The highest BCUT2D eigenvalue weighted by molar-refractivity contribution is 5.88. The molecule has 2 amide bonds. The molecule has 3 fully saturated rings. The quantitative estimate of drug-likeness (QED) is 0.736. The molecule has 2 saturated heterocycles. The van der Waals surface area contributed by atoms with Crippen molar-refractivity contribution < 1.29 is 19.1 Å². The molecule has 4 rings (SSSR count). The van der Waals surface area contributed by atoms with E-state index in [4.69, 9.17) is 9.47 Å². The number of rotatable bonds is 6. The zero-order valence-corrected chi connectivity index (χ0v) is 17.4. The molecule has 1 aromatic carbocycles. The summed E-state index contributed by atoms with van der Waals surface area (Å²) in [6.07, 6.45) is 6.09. The van der Waals surface area contributed by atoms with E-state index in [2.05, 4.69) is 0 Å². The summed E-state index contributed by atoms with van der Waals surface area (Å²) in [4.78, 5) is 30.1. The lowest BCUT2D eigenvalue weighted by molar-refractivity contribution is -0.164. The van der Waals surface area contributed by atoms with Gasteiger partial charge in [0.2, 0.25) is 11.8 Å². The second-order valence-electron chi connectivity index (χ2n) is 8.82. The number of carbonyl (C=O) groups is 2. The molecule has 158 valence electrons. The van der Waals surface area contributed by atoms with Crippen LogP contribution in [0, 0.1) is 11.3 Å². The van der Waals surface area contributed by atoms with E-state index in [1.807, 2.05) is 34.1 Å². The number of carbonyl (C=O) groups excluding carboxylic acids is 2. The highest BCUT2D eigenvalue weighted by atomic mass is 16.5. The third-order valence-electron chi connectivity index (χ3n) is 6.71. The van der Waals surface area contributed by atoms with Crippen molar-refractivity contribution in [3.05, 3.63) is 29.8 Å². The molecule has 1 aromatic rings. The molecule has 2 heterocycles. The molecule has 0 N–H and O–H groups in total. The first-order valence-corrected chi connectivity index (χ1v) is 10.9. The van der Waals surface area contributed by atoms with Crippen LogP contribution in [0.15, 0.2) is 24.3 Å². The minimum absolute atomic E-state index is 0.161. The first-order chi connectivity index (χ1) is 14.1. The van der Waals surface area contributed by atoms with Gasteiger partial charge in [-0.15, -0.1) is 0 Å². The fourth-order valence-corrected chi connectivity index (χ4v) is 5.05. The van der Waals surface area contributed by atoms with Crippen LogP contribution in [-0.2, 0) is 20.7 Å². The van der Waals surface area contributed by atoms with E-state index in [1.165, 1.54) is 25.7 Å². The molecule has 6 nitrogen and oxygen atoms in total. The van der Waals surface area contributed by atoms with Crippen molar-refractivity contribution in [3.8, 4) is 5.75 Å². The minimum Gasteiger partial charge on any atom is -0.497 e. The van der Waals surface area contributed by atoms with Crippen molar-refractivity contribution >= 4 is 11.8 Å². The number of benzene rings is 1. The van der Waals surface area contributed by atoms with Gasteiger partial charge in [-0.05, 0) is 42.9 Å². The van der Waals surface area contributed by atoms with E-state index in [1.54, 1.807) is 7.11 Å². The zero-order chi connectivity index (χ0) is 20.3. The van der Waals surface area contributed by atoms with Gasteiger partial charge in [-0.1, -0.05) is 25.0 Å². The van der Waals surface area contributed by atoms with E-state index < -0.39 is 5.41 Å². The second-order valence-corrected chi connectivity index (χ2v) is 8.82. The van der Waals surface area contributed by atoms with Gasteiger partial charge in [0.15, 0.2) is 0 Å². The topological polar surface area (TPSA) is 59.1 Å². The van der Waals surface area contributed by atoms with Crippen molar-refractivity contribution in [1.29, 1.82) is 0 Å². The maximum Gasteiger partial charge on any atom is 0.232 e. The van der Waals surface area contributed by atoms with Gasteiger partial charge in [0.25, 0.3) is 0 Å². The van der Waals surface area contributed by atoms with E-state index in [0.717, 1.165) is 11.3 Å². The number of hydrogen-bond acceptors (Lipinski definition) is 4. The highest BCUT2D eigenvalue weighted by Crippen LogP contribution is 2.39. The Morgan fingerprint density at radius 2 is 1.86 bits per heavy atom. The summed E-state index contributed by atoms with van der Waals surface area (Å²) < 4.78 is 10.8. The van der Waals surface area contributed by atoms with Gasteiger partial charge >= 0.3 is 0 Å². The van der Waals surface area contributed by atoms with Crippen LogP contribution < -0.4 is 4.74 Å². The molecule has 0 atom stereocenters. The molecule has 29 heavy (non-hydrogen) atoms. The Morgan fingerprint density at radius 1 is 1.14 bits per heavy atom. The second kappa shape index (κ2) is 8.74. The Hall–Kier alpha value is -2.08. The van der Waals surface area contributed by atoms with Crippen molar-refractivity contribution in [2.45, 2.75) is 38.5 Å². The van der Waals surface area contributed by atoms with Gasteiger partial charge in [0, 0.05) is 32.6 Å². The number of morpholine rings is 1. The fourth-order valence-electron chi connectivity index (χ4n) is 5.05. The van der Waals surface area contributed by atoms with Crippen molar-refractivity contribution in [2.75, 3.05) is 46.5 Å². The number of nitrogens with zero attached hydrogens (tertiary/aromatic N) is 2. The SMILES string of the molecule is COc1cccc(CC2(C(=O)N3CCOCC3)CN(C(=O)CC3CCCC3)C2)c1. The lowest BCUT2D eigenvalue weighted by atomic mass is 9.73. The van der Waals surface area contributed by atoms with Gasteiger partial charge < -0.3 is 19.3 Å². The lowest BCUT2D eigenvalue weighted by Gasteiger charge is -2.51. The predicted molar refractivity (Wildman–Crippen MR) is 110 cm³/mol. The summed E-state index contributed by atoms with van der Waals surface area (Å²) in [5.74, 6) is 1.71. The van der Waals surface area contributed by atoms with Gasteiger partial charge in [-0.3, -0.25) is 9.59 Å². The van der Waals surface area contributed by atoms with Crippen molar-refractivity contribution in [1.82, 2.24) is 9.80 Å². The first-order valence-electron chi connectivity index (χ1n) is 10.9. The smallest absolute Gasteiger partial charge is 0.232 e. The molecule has 0 spiro atoms. The van der Waals surface area contributed by atoms with E-state index in [0.29, 0.717) is 58.2 Å². The first kappa shape index (κ1) is 20.2. The normalized spacial score (nSPS) is 21.7. The summed E-state index contributed by atoms with van der Waals surface area (Å²) in [6.45, 7) is 3.48.